The highest BCUT2D eigenvalue weighted by Crippen LogP contribution is 2.15. The third-order valence-corrected chi connectivity index (χ3v) is 2.49. The van der Waals surface area contributed by atoms with Crippen LogP contribution in [-0.4, -0.2) is 9.78 Å². The van der Waals surface area contributed by atoms with Gasteiger partial charge in [-0.3, -0.25) is 4.68 Å². The van der Waals surface area contributed by atoms with Crippen molar-refractivity contribution in [2.45, 2.75) is 12.6 Å². The second-order valence-corrected chi connectivity index (χ2v) is 3.82. The Morgan fingerprint density at radius 3 is 2.56 bits per heavy atom. The standard InChI is InChI=1S/C11H12ClN3.ClH/c12-10-4-2-9(3-5-10)11(13)8-15-7-1-6-14-15;/h1-7,11H,8,13H2;1H. The lowest BCUT2D eigenvalue weighted by Gasteiger charge is -2.11. The van der Waals surface area contributed by atoms with Gasteiger partial charge < -0.3 is 5.73 Å². The molecule has 2 aromatic rings. The molecule has 2 rings (SSSR count). The normalized spacial score (nSPS) is 11.9. The number of hydrogen-bond donors (Lipinski definition) is 1. The van der Waals surface area contributed by atoms with Crippen molar-refractivity contribution in [3.63, 3.8) is 0 Å². The van der Waals surface area contributed by atoms with Crippen molar-refractivity contribution < 1.29 is 0 Å². The van der Waals surface area contributed by atoms with E-state index >= 15 is 0 Å². The fourth-order valence-corrected chi connectivity index (χ4v) is 1.55. The molecule has 1 unspecified atom stereocenters. The van der Waals surface area contributed by atoms with Crippen LogP contribution in [0.25, 0.3) is 0 Å². The van der Waals surface area contributed by atoms with Gasteiger partial charge in [-0.15, -0.1) is 12.4 Å². The van der Waals surface area contributed by atoms with Crippen LogP contribution in [-0.2, 0) is 6.54 Å². The van der Waals surface area contributed by atoms with Crippen LogP contribution in [0.2, 0.25) is 5.02 Å². The summed E-state index contributed by atoms with van der Waals surface area (Å²) in [5.41, 5.74) is 7.10. The molecule has 0 amide bonds. The number of hydrogen-bond acceptors (Lipinski definition) is 2. The number of nitrogens with zero attached hydrogens (tertiary/aromatic N) is 2. The molecule has 0 saturated carbocycles. The van der Waals surface area contributed by atoms with E-state index in [1.807, 2.05) is 41.2 Å². The lowest BCUT2D eigenvalue weighted by atomic mass is 10.1. The zero-order valence-electron chi connectivity index (χ0n) is 8.58. The third kappa shape index (κ3) is 3.23. The second-order valence-electron chi connectivity index (χ2n) is 3.39. The summed E-state index contributed by atoms with van der Waals surface area (Å²) < 4.78 is 1.82. The highest BCUT2D eigenvalue weighted by atomic mass is 35.5. The number of aromatic nitrogens is 2. The topological polar surface area (TPSA) is 43.8 Å². The summed E-state index contributed by atoms with van der Waals surface area (Å²) in [6.07, 6.45) is 3.64. The van der Waals surface area contributed by atoms with Crippen molar-refractivity contribution >= 4 is 24.0 Å². The van der Waals surface area contributed by atoms with Crippen LogP contribution in [0.15, 0.2) is 42.7 Å². The summed E-state index contributed by atoms with van der Waals surface area (Å²) in [6.45, 7) is 0.675. The summed E-state index contributed by atoms with van der Waals surface area (Å²) in [5.74, 6) is 0. The number of nitrogens with two attached hydrogens (primary N) is 1. The summed E-state index contributed by atoms with van der Waals surface area (Å²) in [4.78, 5) is 0. The molecule has 0 spiro atoms. The zero-order chi connectivity index (χ0) is 10.7. The maximum Gasteiger partial charge on any atom is 0.0602 e. The average molecular weight is 258 g/mol. The zero-order valence-corrected chi connectivity index (χ0v) is 10.2. The second kappa shape index (κ2) is 5.89. The van der Waals surface area contributed by atoms with Gasteiger partial charge in [-0.1, -0.05) is 23.7 Å². The fourth-order valence-electron chi connectivity index (χ4n) is 1.43. The first-order valence-corrected chi connectivity index (χ1v) is 5.12. The first-order valence-electron chi connectivity index (χ1n) is 4.74. The number of benzene rings is 1. The molecule has 1 atom stereocenters. The molecule has 2 N–H and O–H groups in total. The Hall–Kier alpha value is -1.03. The molecule has 1 aromatic heterocycles. The predicted molar refractivity (Wildman–Crippen MR) is 67.9 cm³/mol. The van der Waals surface area contributed by atoms with Crippen LogP contribution in [0.3, 0.4) is 0 Å². The highest BCUT2D eigenvalue weighted by molar-refractivity contribution is 6.30. The van der Waals surface area contributed by atoms with Crippen molar-refractivity contribution in [2.75, 3.05) is 0 Å². The fraction of sp³-hybridized carbons (Fsp3) is 0.182. The summed E-state index contributed by atoms with van der Waals surface area (Å²) in [7, 11) is 0. The van der Waals surface area contributed by atoms with Crippen molar-refractivity contribution in [1.82, 2.24) is 9.78 Å². The van der Waals surface area contributed by atoms with Crippen LogP contribution >= 0.6 is 24.0 Å². The van der Waals surface area contributed by atoms with Crippen LogP contribution < -0.4 is 5.73 Å². The van der Waals surface area contributed by atoms with Crippen LogP contribution in [0, 0.1) is 0 Å². The Balaban J connectivity index is 0.00000128. The van der Waals surface area contributed by atoms with E-state index in [1.54, 1.807) is 6.20 Å². The Morgan fingerprint density at radius 1 is 1.31 bits per heavy atom. The first-order chi connectivity index (χ1) is 7.25. The Kier molecular flexibility index (Phi) is 4.80. The molecule has 0 aliphatic rings. The SMILES string of the molecule is Cl.NC(Cn1cccn1)c1ccc(Cl)cc1. The van der Waals surface area contributed by atoms with Crippen LogP contribution in [0.4, 0.5) is 0 Å². The van der Waals surface area contributed by atoms with Gasteiger partial charge in [0.05, 0.1) is 6.54 Å². The quantitative estimate of drug-likeness (QED) is 0.919. The Labute approximate surface area is 106 Å². The molecule has 0 radical (unpaired) electrons. The van der Waals surface area contributed by atoms with E-state index in [-0.39, 0.29) is 18.4 Å². The predicted octanol–water partition coefficient (Wildman–Crippen LogP) is 2.66. The minimum atomic E-state index is -0.0535. The van der Waals surface area contributed by atoms with E-state index < -0.39 is 0 Å². The minimum Gasteiger partial charge on any atom is -0.322 e. The molecule has 16 heavy (non-hydrogen) atoms. The molecule has 5 heteroatoms. The third-order valence-electron chi connectivity index (χ3n) is 2.24. The molecular weight excluding hydrogens is 245 g/mol. The van der Waals surface area contributed by atoms with Crippen LogP contribution in [0.5, 0.6) is 0 Å². The van der Waals surface area contributed by atoms with Gasteiger partial charge in [0.1, 0.15) is 0 Å². The van der Waals surface area contributed by atoms with E-state index in [2.05, 4.69) is 5.10 Å². The summed E-state index contributed by atoms with van der Waals surface area (Å²) >= 11 is 5.80. The Morgan fingerprint density at radius 2 is 2.00 bits per heavy atom. The molecule has 86 valence electrons. The van der Waals surface area contributed by atoms with Gasteiger partial charge in [0, 0.05) is 23.5 Å². The molecule has 1 aromatic carbocycles. The van der Waals surface area contributed by atoms with E-state index in [9.17, 15) is 0 Å². The van der Waals surface area contributed by atoms with Crippen molar-refractivity contribution in [1.29, 1.82) is 0 Å². The van der Waals surface area contributed by atoms with E-state index in [0.29, 0.717) is 6.54 Å². The summed E-state index contributed by atoms with van der Waals surface area (Å²) in [6, 6.07) is 9.41. The van der Waals surface area contributed by atoms with E-state index in [0.717, 1.165) is 10.6 Å². The van der Waals surface area contributed by atoms with Crippen molar-refractivity contribution in [3.05, 3.63) is 53.3 Å². The largest absolute Gasteiger partial charge is 0.322 e. The molecule has 1 heterocycles. The van der Waals surface area contributed by atoms with Gasteiger partial charge in [-0.05, 0) is 23.8 Å². The van der Waals surface area contributed by atoms with Gasteiger partial charge in [-0.25, -0.2) is 0 Å². The highest BCUT2D eigenvalue weighted by Gasteiger charge is 2.06. The molecular formula is C11H13Cl2N3. The smallest absolute Gasteiger partial charge is 0.0602 e. The monoisotopic (exact) mass is 257 g/mol. The summed E-state index contributed by atoms with van der Waals surface area (Å²) in [5, 5.41) is 4.84. The average Bonchev–Trinajstić information content (AvgIpc) is 2.71. The molecule has 0 aliphatic heterocycles. The molecule has 0 aliphatic carbocycles. The maximum atomic E-state index is 6.03. The molecule has 0 saturated heterocycles. The van der Waals surface area contributed by atoms with Crippen molar-refractivity contribution in [2.24, 2.45) is 5.73 Å². The van der Waals surface area contributed by atoms with Crippen molar-refractivity contribution in [3.8, 4) is 0 Å². The lowest BCUT2D eigenvalue weighted by Crippen LogP contribution is -2.17. The van der Waals surface area contributed by atoms with Crippen LogP contribution in [0.1, 0.15) is 11.6 Å². The van der Waals surface area contributed by atoms with Gasteiger partial charge in [0.15, 0.2) is 0 Å². The van der Waals surface area contributed by atoms with E-state index in [1.165, 1.54) is 0 Å². The minimum absolute atomic E-state index is 0. The number of halogens is 2. The maximum absolute atomic E-state index is 6.03. The van der Waals surface area contributed by atoms with E-state index in [4.69, 9.17) is 17.3 Å². The Bertz CT molecular complexity index is 411. The number of rotatable bonds is 3. The molecule has 3 nitrogen and oxygen atoms in total. The van der Waals surface area contributed by atoms with Gasteiger partial charge in [0.25, 0.3) is 0 Å². The van der Waals surface area contributed by atoms with Gasteiger partial charge in [-0.2, -0.15) is 5.10 Å². The molecule has 0 bridgehead atoms. The van der Waals surface area contributed by atoms with Gasteiger partial charge in [0.2, 0.25) is 0 Å². The van der Waals surface area contributed by atoms with Gasteiger partial charge >= 0.3 is 0 Å². The first kappa shape index (κ1) is 13.0. The lowest BCUT2D eigenvalue weighted by molar-refractivity contribution is 0.528. The molecule has 0 fully saturated rings.